The lowest BCUT2D eigenvalue weighted by Crippen LogP contribution is -2.45. The number of hydrogen-bond acceptors (Lipinski definition) is 4. The van der Waals surface area contributed by atoms with Gasteiger partial charge in [0.2, 0.25) is 5.91 Å². The number of allylic oxidation sites excluding steroid dienone is 5. The van der Waals surface area contributed by atoms with Crippen LogP contribution in [-0.2, 0) is 4.79 Å². The molecule has 3 atom stereocenters. The van der Waals surface area contributed by atoms with Crippen LogP contribution in [0.3, 0.4) is 0 Å². The maximum atomic E-state index is 12.4. The van der Waals surface area contributed by atoms with E-state index in [0.717, 1.165) is 38.5 Å². The fraction of sp³-hybridized carbons (Fsp3) is 0.854. The lowest BCUT2D eigenvalue weighted by atomic mass is 10.0. The summed E-state index contributed by atoms with van der Waals surface area (Å²) in [5, 5.41) is 33.2. The van der Waals surface area contributed by atoms with Crippen LogP contribution in [0.1, 0.15) is 239 Å². The maximum absolute atomic E-state index is 12.4. The normalized spacial score (nSPS) is 13.8. The molecule has 0 saturated heterocycles. The molecule has 5 nitrogen and oxygen atoms in total. The fourth-order valence-corrected chi connectivity index (χ4v) is 7.08. The van der Waals surface area contributed by atoms with E-state index in [1.54, 1.807) is 6.08 Å². The van der Waals surface area contributed by atoms with Gasteiger partial charge in [-0.3, -0.25) is 4.79 Å². The Morgan fingerprint density at radius 2 is 0.811 bits per heavy atom. The minimum atomic E-state index is -0.958. The number of aliphatic hydroxyl groups is 3. The molecule has 53 heavy (non-hydrogen) atoms. The van der Waals surface area contributed by atoms with Crippen molar-refractivity contribution in [2.75, 3.05) is 6.61 Å². The summed E-state index contributed by atoms with van der Waals surface area (Å²) in [6, 6.07) is -0.765. The predicted octanol–water partition coefficient (Wildman–Crippen LogP) is 13.5. The molecule has 5 heteroatoms. The molecule has 312 valence electrons. The molecular formula is C48H91NO4. The van der Waals surface area contributed by atoms with E-state index < -0.39 is 18.2 Å². The molecule has 0 aromatic carbocycles. The molecule has 0 aliphatic rings. The largest absolute Gasteiger partial charge is 0.394 e. The van der Waals surface area contributed by atoms with Crippen molar-refractivity contribution >= 4 is 5.91 Å². The third kappa shape index (κ3) is 40.1. The number of carbonyl (C=O) groups is 1. The lowest BCUT2D eigenvalue weighted by molar-refractivity contribution is -0.124. The summed E-state index contributed by atoms with van der Waals surface area (Å²) < 4.78 is 0. The maximum Gasteiger partial charge on any atom is 0.222 e. The van der Waals surface area contributed by atoms with Crippen molar-refractivity contribution in [3.8, 4) is 0 Å². The highest BCUT2D eigenvalue weighted by atomic mass is 16.3. The topological polar surface area (TPSA) is 89.8 Å². The minimum Gasteiger partial charge on any atom is -0.394 e. The van der Waals surface area contributed by atoms with Crippen LogP contribution in [0.5, 0.6) is 0 Å². The monoisotopic (exact) mass is 746 g/mol. The summed E-state index contributed by atoms with van der Waals surface area (Å²) in [5.74, 6) is -0.328. The zero-order chi connectivity index (χ0) is 38.7. The van der Waals surface area contributed by atoms with Gasteiger partial charge >= 0.3 is 0 Å². The molecule has 3 unspecified atom stereocenters. The molecule has 0 rings (SSSR count). The highest BCUT2D eigenvalue weighted by molar-refractivity contribution is 5.76. The van der Waals surface area contributed by atoms with Gasteiger partial charge in [0.1, 0.15) is 0 Å². The number of nitrogens with one attached hydrogen (secondary N) is 1. The van der Waals surface area contributed by atoms with Crippen LogP contribution >= 0.6 is 0 Å². The van der Waals surface area contributed by atoms with Gasteiger partial charge in [-0.2, -0.15) is 0 Å². The molecule has 4 N–H and O–H groups in total. The van der Waals surface area contributed by atoms with E-state index >= 15 is 0 Å². The first-order valence-corrected chi connectivity index (χ1v) is 23.3. The zero-order valence-corrected chi connectivity index (χ0v) is 35.4. The van der Waals surface area contributed by atoms with Crippen molar-refractivity contribution in [2.24, 2.45) is 0 Å². The van der Waals surface area contributed by atoms with Gasteiger partial charge in [-0.15, -0.1) is 0 Å². The van der Waals surface area contributed by atoms with E-state index in [1.807, 2.05) is 6.08 Å². The van der Waals surface area contributed by atoms with Crippen LogP contribution in [0.25, 0.3) is 0 Å². The van der Waals surface area contributed by atoms with Crippen LogP contribution < -0.4 is 5.32 Å². The van der Waals surface area contributed by atoms with Crippen LogP contribution in [0, 0.1) is 0 Å². The van der Waals surface area contributed by atoms with Crippen LogP contribution in [0.2, 0.25) is 0 Å². The van der Waals surface area contributed by atoms with Gasteiger partial charge in [0.25, 0.3) is 0 Å². The van der Waals surface area contributed by atoms with E-state index in [0.29, 0.717) is 6.42 Å². The number of unbranched alkanes of at least 4 members (excludes halogenated alkanes) is 29. The molecule has 0 aromatic rings. The summed E-state index contributed by atoms with van der Waals surface area (Å²) in [5.41, 5.74) is 0. The average Bonchev–Trinajstić information content (AvgIpc) is 3.15. The Morgan fingerprint density at radius 3 is 1.21 bits per heavy atom. The molecule has 0 radical (unpaired) electrons. The third-order valence-electron chi connectivity index (χ3n) is 10.7. The van der Waals surface area contributed by atoms with Gasteiger partial charge in [-0.1, -0.05) is 224 Å². The Balaban J connectivity index is 3.71. The lowest BCUT2D eigenvalue weighted by Gasteiger charge is -2.21. The van der Waals surface area contributed by atoms with E-state index in [1.165, 1.54) is 173 Å². The molecular weight excluding hydrogens is 655 g/mol. The van der Waals surface area contributed by atoms with Crippen molar-refractivity contribution in [1.29, 1.82) is 0 Å². The Kier molecular flexibility index (Phi) is 42.1. The standard InChI is InChI=1S/C48H91NO4/c1-3-5-7-9-11-13-15-17-19-20-21-22-23-24-25-26-28-30-32-34-36-38-40-42-47(52)46(44-50)49-48(53)43-45(51)41-39-37-35-33-31-29-27-18-16-14-12-10-8-6-4-2/h25-26,32,34,40,42,45-47,50-52H,3-24,27-31,33,35-39,41,43-44H2,1-2H3,(H,49,53)/b26-25+,34-32+,42-40+. The molecule has 0 bridgehead atoms. The number of carbonyl (C=O) groups excluding carboxylic acids is 1. The summed E-state index contributed by atoms with van der Waals surface area (Å²) in [7, 11) is 0. The number of aliphatic hydroxyl groups excluding tert-OH is 3. The molecule has 0 fully saturated rings. The van der Waals surface area contributed by atoms with Crippen molar-refractivity contribution in [3.05, 3.63) is 36.5 Å². The van der Waals surface area contributed by atoms with Gasteiger partial charge < -0.3 is 20.6 Å². The second-order valence-corrected chi connectivity index (χ2v) is 16.0. The van der Waals surface area contributed by atoms with Crippen LogP contribution in [-0.4, -0.2) is 46.1 Å². The molecule has 0 aliphatic carbocycles. The molecule has 0 aromatic heterocycles. The Hall–Kier alpha value is -1.43. The van der Waals surface area contributed by atoms with Crippen molar-refractivity contribution < 1.29 is 20.1 Å². The molecule has 0 saturated carbocycles. The van der Waals surface area contributed by atoms with Crippen molar-refractivity contribution in [1.82, 2.24) is 5.32 Å². The average molecular weight is 746 g/mol. The number of amides is 1. The Bertz CT molecular complexity index is 824. The van der Waals surface area contributed by atoms with E-state index in [2.05, 4.69) is 43.5 Å². The summed E-state index contributed by atoms with van der Waals surface area (Å²) in [6.07, 6.45) is 54.4. The quantitative estimate of drug-likeness (QED) is 0.0370. The third-order valence-corrected chi connectivity index (χ3v) is 10.7. The second kappa shape index (κ2) is 43.3. The molecule has 0 heterocycles. The highest BCUT2D eigenvalue weighted by Crippen LogP contribution is 2.16. The first kappa shape index (κ1) is 51.6. The van der Waals surface area contributed by atoms with Gasteiger partial charge in [-0.25, -0.2) is 0 Å². The number of hydrogen-bond donors (Lipinski definition) is 4. The van der Waals surface area contributed by atoms with E-state index in [-0.39, 0.29) is 18.9 Å². The van der Waals surface area contributed by atoms with Gasteiger partial charge in [0, 0.05) is 0 Å². The van der Waals surface area contributed by atoms with Crippen LogP contribution in [0.15, 0.2) is 36.5 Å². The Labute approximate surface area is 330 Å². The van der Waals surface area contributed by atoms with Gasteiger partial charge in [-0.05, 0) is 44.9 Å². The zero-order valence-electron chi connectivity index (χ0n) is 35.4. The minimum absolute atomic E-state index is 0.00492. The molecule has 0 aliphatic heterocycles. The first-order valence-electron chi connectivity index (χ1n) is 23.3. The van der Waals surface area contributed by atoms with Crippen LogP contribution in [0.4, 0.5) is 0 Å². The van der Waals surface area contributed by atoms with Crippen molar-refractivity contribution in [2.45, 2.75) is 257 Å². The van der Waals surface area contributed by atoms with E-state index in [9.17, 15) is 20.1 Å². The molecule has 0 spiro atoms. The Morgan fingerprint density at radius 1 is 0.472 bits per heavy atom. The summed E-state index contributed by atoms with van der Waals surface area (Å²) in [4.78, 5) is 12.4. The second-order valence-electron chi connectivity index (χ2n) is 16.0. The number of rotatable bonds is 42. The van der Waals surface area contributed by atoms with E-state index in [4.69, 9.17) is 0 Å². The molecule has 1 amide bonds. The summed E-state index contributed by atoms with van der Waals surface area (Å²) in [6.45, 7) is 4.21. The van der Waals surface area contributed by atoms with Gasteiger partial charge in [0.05, 0.1) is 31.3 Å². The SMILES string of the molecule is CCCCCCCCCCCCCCC/C=C/CC/C=C/CC/C=C/C(O)C(CO)NC(=O)CC(O)CCCCCCCCCCCCCCCCC. The fourth-order valence-electron chi connectivity index (χ4n) is 7.08. The smallest absolute Gasteiger partial charge is 0.222 e. The van der Waals surface area contributed by atoms with Gasteiger partial charge in [0.15, 0.2) is 0 Å². The summed E-state index contributed by atoms with van der Waals surface area (Å²) >= 11 is 0. The van der Waals surface area contributed by atoms with Crippen molar-refractivity contribution in [3.63, 3.8) is 0 Å². The highest BCUT2D eigenvalue weighted by Gasteiger charge is 2.20. The first-order chi connectivity index (χ1) is 26.0. The predicted molar refractivity (Wildman–Crippen MR) is 231 cm³/mol.